The van der Waals surface area contributed by atoms with Gasteiger partial charge in [-0.05, 0) is 57.9 Å². The molecule has 1 aromatic carbocycles. The van der Waals surface area contributed by atoms with E-state index >= 15 is 0 Å². The van der Waals surface area contributed by atoms with Crippen LogP contribution >= 0.6 is 0 Å². The Morgan fingerprint density at radius 3 is 2.36 bits per heavy atom. The summed E-state index contributed by atoms with van der Waals surface area (Å²) >= 11 is 0. The van der Waals surface area contributed by atoms with Crippen molar-refractivity contribution in [1.29, 1.82) is 0 Å². The topological polar surface area (TPSA) is 72.9 Å². The summed E-state index contributed by atoms with van der Waals surface area (Å²) in [6.45, 7) is 5.44. The molecule has 0 spiro atoms. The van der Waals surface area contributed by atoms with Gasteiger partial charge in [0.2, 0.25) is 10.0 Å². The van der Waals surface area contributed by atoms with Crippen LogP contribution in [0.25, 0.3) is 0 Å². The van der Waals surface area contributed by atoms with Crippen LogP contribution in [0.1, 0.15) is 33.6 Å². The third-order valence-electron chi connectivity index (χ3n) is 3.75. The van der Waals surface area contributed by atoms with Crippen molar-refractivity contribution in [2.24, 2.45) is 0 Å². The molecular weight excluding hydrogens is 342 g/mol. The van der Waals surface area contributed by atoms with Gasteiger partial charge in [-0.2, -0.15) is 4.31 Å². The van der Waals surface area contributed by atoms with E-state index in [0.29, 0.717) is 18.6 Å². The SMILES string of the molecule is COc1ccc(S(=O)(=O)N2CC=CCCC2C(=O)OC(C)(C)C)cc1. The molecule has 2 rings (SSSR count). The van der Waals surface area contributed by atoms with Crippen LogP contribution < -0.4 is 4.74 Å². The van der Waals surface area contributed by atoms with Crippen LogP contribution in [0.3, 0.4) is 0 Å². The summed E-state index contributed by atoms with van der Waals surface area (Å²) in [6.07, 6.45) is 4.67. The first-order chi connectivity index (χ1) is 11.6. The lowest BCUT2D eigenvalue weighted by Crippen LogP contribution is -2.47. The number of sulfonamides is 1. The highest BCUT2D eigenvalue weighted by molar-refractivity contribution is 7.89. The van der Waals surface area contributed by atoms with Gasteiger partial charge in [-0.15, -0.1) is 0 Å². The molecule has 1 aromatic rings. The molecule has 0 N–H and O–H groups in total. The van der Waals surface area contributed by atoms with Crippen molar-refractivity contribution in [1.82, 2.24) is 4.31 Å². The minimum Gasteiger partial charge on any atom is -0.497 e. The number of rotatable bonds is 4. The van der Waals surface area contributed by atoms with Gasteiger partial charge in [0.1, 0.15) is 17.4 Å². The van der Waals surface area contributed by atoms with Crippen LogP contribution in [0.15, 0.2) is 41.3 Å². The van der Waals surface area contributed by atoms with Gasteiger partial charge in [-0.3, -0.25) is 4.79 Å². The number of hydrogen-bond acceptors (Lipinski definition) is 5. The minimum absolute atomic E-state index is 0.122. The third-order valence-corrected chi connectivity index (χ3v) is 5.64. The predicted molar refractivity (Wildman–Crippen MR) is 94.9 cm³/mol. The van der Waals surface area contributed by atoms with Gasteiger partial charge in [-0.1, -0.05) is 12.2 Å². The second kappa shape index (κ2) is 7.58. The Kier molecular flexibility index (Phi) is 5.90. The molecule has 0 bridgehead atoms. The molecule has 0 saturated heterocycles. The summed E-state index contributed by atoms with van der Waals surface area (Å²) in [4.78, 5) is 12.7. The van der Waals surface area contributed by atoms with Crippen LogP contribution in [0.5, 0.6) is 5.75 Å². The fourth-order valence-electron chi connectivity index (χ4n) is 2.58. The summed E-state index contributed by atoms with van der Waals surface area (Å²) < 4.78 is 37.8. The average molecular weight is 367 g/mol. The zero-order chi connectivity index (χ0) is 18.7. The Bertz CT molecular complexity index is 732. The van der Waals surface area contributed by atoms with Gasteiger partial charge in [0.15, 0.2) is 0 Å². The molecule has 1 unspecified atom stereocenters. The smallest absolute Gasteiger partial charge is 0.325 e. The number of nitrogens with zero attached hydrogens (tertiary/aromatic N) is 1. The lowest BCUT2D eigenvalue weighted by atomic mass is 10.1. The number of carbonyl (C=O) groups is 1. The zero-order valence-corrected chi connectivity index (χ0v) is 15.9. The molecule has 1 aliphatic rings. The summed E-state index contributed by atoms with van der Waals surface area (Å²) in [5.41, 5.74) is -0.674. The van der Waals surface area contributed by atoms with Crippen LogP contribution in [-0.4, -0.2) is 44.0 Å². The van der Waals surface area contributed by atoms with Crippen molar-refractivity contribution in [3.63, 3.8) is 0 Å². The van der Waals surface area contributed by atoms with E-state index in [2.05, 4.69) is 0 Å². The highest BCUT2D eigenvalue weighted by atomic mass is 32.2. The largest absolute Gasteiger partial charge is 0.497 e. The fraction of sp³-hybridized carbons (Fsp3) is 0.500. The summed E-state index contributed by atoms with van der Waals surface area (Å²) in [6, 6.07) is 5.29. The van der Waals surface area contributed by atoms with Crippen molar-refractivity contribution in [3.05, 3.63) is 36.4 Å². The first-order valence-corrected chi connectivity index (χ1v) is 9.63. The van der Waals surface area contributed by atoms with Gasteiger partial charge >= 0.3 is 5.97 Å². The maximum Gasteiger partial charge on any atom is 0.325 e. The second-order valence-corrected chi connectivity index (χ2v) is 8.74. The van der Waals surface area contributed by atoms with Gasteiger partial charge in [0, 0.05) is 6.54 Å². The number of ether oxygens (including phenoxy) is 2. The summed E-state index contributed by atoms with van der Waals surface area (Å²) in [5.74, 6) is 0.0479. The molecule has 6 nitrogen and oxygen atoms in total. The minimum atomic E-state index is -3.83. The maximum atomic E-state index is 13.1. The molecule has 0 aromatic heterocycles. The predicted octanol–water partition coefficient (Wildman–Crippen LogP) is 2.75. The van der Waals surface area contributed by atoms with E-state index in [-0.39, 0.29) is 11.4 Å². The molecule has 0 aliphatic carbocycles. The van der Waals surface area contributed by atoms with E-state index in [1.807, 2.05) is 6.08 Å². The highest BCUT2D eigenvalue weighted by Gasteiger charge is 2.38. The molecule has 25 heavy (non-hydrogen) atoms. The van der Waals surface area contributed by atoms with Crippen molar-refractivity contribution >= 4 is 16.0 Å². The van der Waals surface area contributed by atoms with E-state index < -0.39 is 27.6 Å². The fourth-order valence-corrected chi connectivity index (χ4v) is 4.14. The van der Waals surface area contributed by atoms with E-state index in [0.717, 1.165) is 0 Å². The third kappa shape index (κ3) is 4.83. The number of methoxy groups -OCH3 is 1. The second-order valence-electron chi connectivity index (χ2n) is 6.85. The summed E-state index contributed by atoms with van der Waals surface area (Å²) in [7, 11) is -2.32. The molecule has 1 heterocycles. The number of esters is 1. The lowest BCUT2D eigenvalue weighted by molar-refractivity contribution is -0.159. The van der Waals surface area contributed by atoms with Crippen LogP contribution in [-0.2, 0) is 19.6 Å². The zero-order valence-electron chi connectivity index (χ0n) is 15.1. The molecule has 0 amide bonds. The van der Waals surface area contributed by atoms with Gasteiger partial charge in [-0.25, -0.2) is 8.42 Å². The van der Waals surface area contributed by atoms with Gasteiger partial charge < -0.3 is 9.47 Å². The first kappa shape index (κ1) is 19.5. The first-order valence-electron chi connectivity index (χ1n) is 8.19. The maximum absolute atomic E-state index is 13.1. The van der Waals surface area contributed by atoms with Crippen LogP contribution in [0.2, 0.25) is 0 Å². The summed E-state index contributed by atoms with van der Waals surface area (Å²) in [5, 5.41) is 0. The van der Waals surface area contributed by atoms with Gasteiger partial charge in [0.25, 0.3) is 0 Å². The van der Waals surface area contributed by atoms with Crippen molar-refractivity contribution in [3.8, 4) is 5.75 Å². The average Bonchev–Trinajstić information content (AvgIpc) is 2.79. The normalized spacial score (nSPS) is 19.3. The van der Waals surface area contributed by atoms with Gasteiger partial charge in [0.05, 0.1) is 12.0 Å². The number of hydrogen-bond donors (Lipinski definition) is 0. The number of carbonyl (C=O) groups excluding carboxylic acids is 1. The van der Waals surface area contributed by atoms with E-state index in [1.165, 1.54) is 23.5 Å². The number of benzene rings is 1. The Hall–Kier alpha value is -1.86. The standard InChI is InChI=1S/C18H25NO5S/c1-18(2,3)24-17(20)16-8-6-5-7-13-19(16)25(21,22)15-11-9-14(23-4)10-12-15/h5,7,9-12,16H,6,8,13H2,1-4H3. The van der Waals surface area contributed by atoms with Crippen molar-refractivity contribution < 1.29 is 22.7 Å². The van der Waals surface area contributed by atoms with E-state index in [4.69, 9.17) is 9.47 Å². The van der Waals surface area contributed by atoms with E-state index in [9.17, 15) is 13.2 Å². The molecule has 1 atom stereocenters. The number of allylic oxidation sites excluding steroid dienone is 1. The molecule has 1 aliphatic heterocycles. The molecule has 138 valence electrons. The lowest BCUT2D eigenvalue weighted by Gasteiger charge is -2.30. The Morgan fingerprint density at radius 2 is 1.80 bits per heavy atom. The van der Waals surface area contributed by atoms with Crippen LogP contribution in [0, 0.1) is 0 Å². The Balaban J connectivity index is 2.35. The molecule has 0 saturated carbocycles. The molecule has 0 fully saturated rings. The quantitative estimate of drug-likeness (QED) is 0.604. The van der Waals surface area contributed by atoms with Crippen molar-refractivity contribution in [2.45, 2.75) is 50.2 Å². The molecular formula is C18H25NO5S. The van der Waals surface area contributed by atoms with Crippen molar-refractivity contribution in [2.75, 3.05) is 13.7 Å². The highest BCUT2D eigenvalue weighted by Crippen LogP contribution is 2.26. The monoisotopic (exact) mass is 367 g/mol. The molecule has 7 heteroatoms. The molecule has 0 radical (unpaired) electrons. The van der Waals surface area contributed by atoms with E-state index in [1.54, 1.807) is 39.0 Å². The Morgan fingerprint density at radius 1 is 1.16 bits per heavy atom. The Labute approximate surface area is 149 Å². The van der Waals surface area contributed by atoms with Crippen LogP contribution in [0.4, 0.5) is 0 Å².